The van der Waals surface area contributed by atoms with Crippen LogP contribution in [0.4, 0.5) is 0 Å². The Kier molecular flexibility index (Phi) is 3.97. The molecule has 0 saturated carbocycles. The van der Waals surface area contributed by atoms with Crippen molar-refractivity contribution in [1.29, 1.82) is 0 Å². The second-order valence-corrected chi connectivity index (χ2v) is 5.69. The molecule has 0 aliphatic rings. The summed E-state index contributed by atoms with van der Waals surface area (Å²) in [5.41, 5.74) is 2.24. The number of hydrogen-bond donors (Lipinski definition) is 1. The second kappa shape index (κ2) is 5.48. The summed E-state index contributed by atoms with van der Waals surface area (Å²) in [5.74, 6) is 0.516. The van der Waals surface area contributed by atoms with E-state index < -0.39 is 0 Å². The smallest absolute Gasteiger partial charge is 0.0792 e. The molecule has 0 bridgehead atoms. The Bertz CT molecular complexity index is 442. The Balaban J connectivity index is 2.13. The molecule has 1 heterocycles. The van der Waals surface area contributed by atoms with Crippen LogP contribution in [0.2, 0.25) is 0 Å². The first-order valence-corrected chi connectivity index (χ1v) is 6.86. The molecule has 2 heteroatoms. The lowest BCUT2D eigenvalue weighted by atomic mass is 9.98. The summed E-state index contributed by atoms with van der Waals surface area (Å²) in [6.07, 6.45) is 0.477. The molecular weight excluding hydrogens is 228 g/mol. The van der Waals surface area contributed by atoms with Crippen molar-refractivity contribution in [1.82, 2.24) is 0 Å². The molecule has 0 aliphatic heterocycles. The molecule has 90 valence electrons. The van der Waals surface area contributed by atoms with Gasteiger partial charge in [-0.2, -0.15) is 0 Å². The van der Waals surface area contributed by atoms with E-state index in [0.717, 1.165) is 12.0 Å². The fourth-order valence-corrected chi connectivity index (χ4v) is 2.63. The zero-order valence-electron chi connectivity index (χ0n) is 10.3. The highest BCUT2D eigenvalue weighted by Gasteiger charge is 2.09. The average molecular weight is 246 g/mol. The van der Waals surface area contributed by atoms with Crippen molar-refractivity contribution >= 4 is 11.3 Å². The van der Waals surface area contributed by atoms with E-state index in [1.54, 1.807) is 11.3 Å². The second-order valence-electron chi connectivity index (χ2n) is 4.74. The highest BCUT2D eigenvalue weighted by atomic mass is 32.1. The van der Waals surface area contributed by atoms with Crippen LogP contribution in [0.15, 0.2) is 41.8 Å². The van der Waals surface area contributed by atoms with Gasteiger partial charge in [-0.25, -0.2) is 0 Å². The molecule has 0 radical (unpaired) electrons. The van der Waals surface area contributed by atoms with Gasteiger partial charge in [0.15, 0.2) is 0 Å². The van der Waals surface area contributed by atoms with Crippen molar-refractivity contribution in [2.75, 3.05) is 0 Å². The summed E-state index contributed by atoms with van der Waals surface area (Å²) < 4.78 is 0. The Labute approximate surface area is 107 Å². The molecule has 17 heavy (non-hydrogen) atoms. The number of benzene rings is 1. The molecule has 1 nitrogen and oxygen atoms in total. The number of aliphatic hydroxyl groups is 1. The quantitative estimate of drug-likeness (QED) is 0.842. The molecule has 1 unspecified atom stereocenters. The minimum Gasteiger partial charge on any atom is -0.388 e. The maximum absolute atomic E-state index is 10.0. The van der Waals surface area contributed by atoms with E-state index in [1.807, 2.05) is 12.1 Å². The van der Waals surface area contributed by atoms with Gasteiger partial charge in [0.25, 0.3) is 0 Å². The van der Waals surface area contributed by atoms with E-state index in [4.69, 9.17) is 0 Å². The van der Waals surface area contributed by atoms with Gasteiger partial charge in [0.05, 0.1) is 6.10 Å². The molecular formula is C15H18OS. The predicted octanol–water partition coefficient (Wildman–Crippen LogP) is 4.49. The summed E-state index contributed by atoms with van der Waals surface area (Å²) in [4.78, 5) is 1.27. The molecule has 1 aromatic carbocycles. The van der Waals surface area contributed by atoms with Crippen LogP contribution in [0.25, 0.3) is 10.4 Å². The molecule has 0 spiro atoms. The topological polar surface area (TPSA) is 20.2 Å². The third-order valence-electron chi connectivity index (χ3n) is 2.80. The number of aliphatic hydroxyl groups excluding tert-OH is 1. The van der Waals surface area contributed by atoms with Crippen molar-refractivity contribution in [2.24, 2.45) is 5.92 Å². The first-order chi connectivity index (χ1) is 8.16. The minimum absolute atomic E-state index is 0.340. The molecule has 1 N–H and O–H groups in total. The van der Waals surface area contributed by atoms with Crippen LogP contribution in [0.5, 0.6) is 0 Å². The Morgan fingerprint density at radius 3 is 2.35 bits per heavy atom. The van der Waals surface area contributed by atoms with E-state index in [-0.39, 0.29) is 6.10 Å². The van der Waals surface area contributed by atoms with Crippen LogP contribution in [0.3, 0.4) is 0 Å². The molecule has 0 amide bonds. The summed E-state index contributed by atoms with van der Waals surface area (Å²) in [6.45, 7) is 4.26. The number of thiophene rings is 1. The van der Waals surface area contributed by atoms with Crippen molar-refractivity contribution in [2.45, 2.75) is 26.4 Å². The van der Waals surface area contributed by atoms with Gasteiger partial charge in [0.1, 0.15) is 0 Å². The van der Waals surface area contributed by atoms with Crippen LogP contribution < -0.4 is 0 Å². The standard InChI is InChI=1S/C15H18OS/c1-11(2)10-14(16)12-5-7-13(8-6-12)15-4-3-9-17-15/h3-9,11,14,16H,10H2,1-2H3. The number of rotatable bonds is 4. The van der Waals surface area contributed by atoms with Gasteiger partial charge in [0.2, 0.25) is 0 Å². The zero-order chi connectivity index (χ0) is 12.3. The van der Waals surface area contributed by atoms with Crippen LogP contribution in [0, 0.1) is 5.92 Å². The van der Waals surface area contributed by atoms with Crippen LogP contribution in [0.1, 0.15) is 31.9 Å². The normalized spacial score (nSPS) is 12.9. The van der Waals surface area contributed by atoms with Gasteiger partial charge in [-0.15, -0.1) is 11.3 Å². The average Bonchev–Trinajstić information content (AvgIpc) is 2.82. The van der Waals surface area contributed by atoms with Crippen molar-refractivity contribution in [3.8, 4) is 10.4 Å². The summed E-state index contributed by atoms with van der Waals surface area (Å²) in [5, 5.41) is 12.1. The van der Waals surface area contributed by atoms with E-state index in [1.165, 1.54) is 10.4 Å². The zero-order valence-corrected chi connectivity index (χ0v) is 11.1. The van der Waals surface area contributed by atoms with Crippen molar-refractivity contribution in [3.63, 3.8) is 0 Å². The maximum Gasteiger partial charge on any atom is 0.0792 e. The van der Waals surface area contributed by atoms with Crippen molar-refractivity contribution < 1.29 is 5.11 Å². The van der Waals surface area contributed by atoms with Crippen molar-refractivity contribution in [3.05, 3.63) is 47.3 Å². The predicted molar refractivity (Wildman–Crippen MR) is 74.2 cm³/mol. The first-order valence-electron chi connectivity index (χ1n) is 5.98. The summed E-state index contributed by atoms with van der Waals surface area (Å²) in [6, 6.07) is 12.4. The fourth-order valence-electron chi connectivity index (χ4n) is 1.89. The molecule has 0 saturated heterocycles. The van der Waals surface area contributed by atoms with E-state index in [2.05, 4.69) is 43.5 Å². The minimum atomic E-state index is -0.340. The highest BCUT2D eigenvalue weighted by Crippen LogP contribution is 2.27. The van der Waals surface area contributed by atoms with Gasteiger partial charge >= 0.3 is 0 Å². The van der Waals surface area contributed by atoms with Gasteiger partial charge in [-0.1, -0.05) is 44.2 Å². The lowest BCUT2D eigenvalue weighted by Gasteiger charge is -2.13. The van der Waals surface area contributed by atoms with E-state index in [0.29, 0.717) is 5.92 Å². The first kappa shape index (κ1) is 12.3. The van der Waals surface area contributed by atoms with Gasteiger partial charge in [-0.05, 0) is 34.9 Å². The van der Waals surface area contributed by atoms with Gasteiger partial charge in [0, 0.05) is 4.88 Å². The van der Waals surface area contributed by atoms with E-state index >= 15 is 0 Å². The maximum atomic E-state index is 10.0. The molecule has 2 rings (SSSR count). The van der Waals surface area contributed by atoms with Crippen LogP contribution >= 0.6 is 11.3 Å². The third kappa shape index (κ3) is 3.18. The Morgan fingerprint density at radius 2 is 1.82 bits per heavy atom. The fraction of sp³-hybridized carbons (Fsp3) is 0.333. The lowest BCUT2D eigenvalue weighted by Crippen LogP contribution is -2.01. The van der Waals surface area contributed by atoms with Crippen LogP contribution in [-0.4, -0.2) is 5.11 Å². The molecule has 0 fully saturated rings. The highest BCUT2D eigenvalue weighted by molar-refractivity contribution is 7.13. The molecule has 2 aromatic rings. The van der Waals surface area contributed by atoms with Crippen LogP contribution in [-0.2, 0) is 0 Å². The summed E-state index contributed by atoms with van der Waals surface area (Å²) in [7, 11) is 0. The Hall–Kier alpha value is -1.12. The van der Waals surface area contributed by atoms with Gasteiger partial charge in [-0.3, -0.25) is 0 Å². The lowest BCUT2D eigenvalue weighted by molar-refractivity contribution is 0.151. The van der Waals surface area contributed by atoms with Gasteiger partial charge < -0.3 is 5.11 Å². The summed E-state index contributed by atoms with van der Waals surface area (Å²) >= 11 is 1.74. The molecule has 0 aliphatic carbocycles. The molecule has 1 aromatic heterocycles. The SMILES string of the molecule is CC(C)CC(O)c1ccc(-c2cccs2)cc1. The monoisotopic (exact) mass is 246 g/mol. The largest absolute Gasteiger partial charge is 0.388 e. The molecule has 1 atom stereocenters. The number of hydrogen-bond acceptors (Lipinski definition) is 2. The van der Waals surface area contributed by atoms with E-state index in [9.17, 15) is 5.11 Å². The Morgan fingerprint density at radius 1 is 1.12 bits per heavy atom. The third-order valence-corrected chi connectivity index (χ3v) is 3.71.